The number of amides is 1. The molecule has 1 atom stereocenters. The van der Waals surface area contributed by atoms with Crippen LogP contribution in [0.3, 0.4) is 0 Å². The summed E-state index contributed by atoms with van der Waals surface area (Å²) in [6.45, 7) is 1.29. The first kappa shape index (κ1) is 16.3. The van der Waals surface area contributed by atoms with Gasteiger partial charge >= 0.3 is 0 Å². The third kappa shape index (κ3) is 3.68. The molecule has 1 amide bonds. The minimum Gasteiger partial charge on any atom is -0.434 e. The minimum absolute atomic E-state index is 0.00876. The molecule has 126 valence electrons. The number of aromatic nitrogens is 2. The monoisotopic (exact) mass is 330 g/mol. The molecule has 0 spiro atoms. The first-order valence-electron chi connectivity index (χ1n) is 7.89. The first-order valence-corrected chi connectivity index (χ1v) is 7.89. The predicted octanol–water partition coefficient (Wildman–Crippen LogP) is 2.07. The van der Waals surface area contributed by atoms with E-state index in [1.807, 2.05) is 0 Å². The Morgan fingerprint density at radius 1 is 1.38 bits per heavy atom. The van der Waals surface area contributed by atoms with Crippen molar-refractivity contribution in [3.8, 4) is 11.6 Å². The van der Waals surface area contributed by atoms with Crippen LogP contribution in [0, 0.1) is 5.82 Å². The number of carbonyl (C=O) groups is 1. The van der Waals surface area contributed by atoms with Crippen LogP contribution in [-0.4, -0.2) is 40.4 Å². The van der Waals surface area contributed by atoms with E-state index in [0.717, 1.165) is 18.5 Å². The summed E-state index contributed by atoms with van der Waals surface area (Å²) < 4.78 is 19.2. The van der Waals surface area contributed by atoms with Gasteiger partial charge in [-0.1, -0.05) is 12.1 Å². The second kappa shape index (κ2) is 7.35. The molecule has 2 aromatic rings. The SMILES string of the molecule is NCC(=O)N1CCCC(c2cncc(Oc3ccccc3F)n2)C1. The van der Waals surface area contributed by atoms with Crippen molar-refractivity contribution in [2.45, 2.75) is 18.8 Å². The van der Waals surface area contributed by atoms with E-state index >= 15 is 0 Å². The molecule has 0 saturated carbocycles. The van der Waals surface area contributed by atoms with E-state index in [-0.39, 0.29) is 30.0 Å². The smallest absolute Gasteiger partial charge is 0.238 e. The number of para-hydroxylation sites is 1. The Labute approximate surface area is 139 Å². The van der Waals surface area contributed by atoms with E-state index in [4.69, 9.17) is 10.5 Å². The standard InChI is InChI=1S/C17H19FN4O2/c18-13-5-1-2-6-15(13)24-16-10-20-9-14(21-16)12-4-3-7-22(11-12)17(23)8-19/h1-2,5-6,9-10,12H,3-4,7-8,11,19H2. The van der Waals surface area contributed by atoms with Gasteiger partial charge in [0.15, 0.2) is 11.6 Å². The van der Waals surface area contributed by atoms with Crippen LogP contribution >= 0.6 is 0 Å². The largest absolute Gasteiger partial charge is 0.434 e. The normalized spacial score (nSPS) is 17.6. The van der Waals surface area contributed by atoms with Gasteiger partial charge in [-0.3, -0.25) is 9.78 Å². The Hall–Kier alpha value is -2.54. The molecule has 1 aliphatic rings. The Morgan fingerprint density at radius 3 is 3.00 bits per heavy atom. The van der Waals surface area contributed by atoms with Gasteiger partial charge < -0.3 is 15.4 Å². The average Bonchev–Trinajstić information content (AvgIpc) is 2.63. The number of carbonyl (C=O) groups excluding carboxylic acids is 1. The van der Waals surface area contributed by atoms with Crippen molar-refractivity contribution in [1.82, 2.24) is 14.9 Å². The van der Waals surface area contributed by atoms with Gasteiger partial charge in [0, 0.05) is 25.2 Å². The summed E-state index contributed by atoms with van der Waals surface area (Å²) in [4.78, 5) is 22.1. The topological polar surface area (TPSA) is 81.3 Å². The molecule has 1 aromatic heterocycles. The third-order valence-electron chi connectivity index (χ3n) is 4.05. The summed E-state index contributed by atoms with van der Waals surface area (Å²) in [7, 11) is 0. The fourth-order valence-corrected chi connectivity index (χ4v) is 2.82. The molecule has 3 rings (SSSR count). The molecule has 1 saturated heterocycles. The van der Waals surface area contributed by atoms with E-state index in [0.29, 0.717) is 13.1 Å². The van der Waals surface area contributed by atoms with E-state index in [1.165, 1.54) is 18.3 Å². The summed E-state index contributed by atoms with van der Waals surface area (Å²) in [6.07, 6.45) is 4.90. The van der Waals surface area contributed by atoms with Crippen LogP contribution < -0.4 is 10.5 Å². The lowest BCUT2D eigenvalue weighted by molar-refractivity contribution is -0.130. The summed E-state index contributed by atoms with van der Waals surface area (Å²) >= 11 is 0. The zero-order chi connectivity index (χ0) is 16.9. The molecule has 2 heterocycles. The van der Waals surface area contributed by atoms with Crippen molar-refractivity contribution in [2.75, 3.05) is 19.6 Å². The molecule has 0 aliphatic carbocycles. The second-order valence-electron chi connectivity index (χ2n) is 5.70. The van der Waals surface area contributed by atoms with Gasteiger partial charge in [0.2, 0.25) is 11.8 Å². The first-order chi connectivity index (χ1) is 11.7. The lowest BCUT2D eigenvalue weighted by Crippen LogP contribution is -2.42. The molecular weight excluding hydrogens is 311 g/mol. The van der Waals surface area contributed by atoms with Crippen molar-refractivity contribution in [2.24, 2.45) is 5.73 Å². The number of nitrogens with two attached hydrogens (primary N) is 1. The highest BCUT2D eigenvalue weighted by atomic mass is 19.1. The number of rotatable bonds is 4. The predicted molar refractivity (Wildman–Crippen MR) is 86.1 cm³/mol. The molecule has 1 fully saturated rings. The summed E-state index contributed by atoms with van der Waals surface area (Å²) in [6, 6.07) is 6.14. The number of nitrogens with zero attached hydrogens (tertiary/aromatic N) is 3. The highest BCUT2D eigenvalue weighted by molar-refractivity contribution is 5.78. The van der Waals surface area contributed by atoms with Crippen LogP contribution in [0.2, 0.25) is 0 Å². The fraction of sp³-hybridized carbons (Fsp3) is 0.353. The van der Waals surface area contributed by atoms with Crippen molar-refractivity contribution in [1.29, 1.82) is 0 Å². The Kier molecular flexibility index (Phi) is 5.00. The maximum absolute atomic E-state index is 13.7. The van der Waals surface area contributed by atoms with Crippen LogP contribution in [0.4, 0.5) is 4.39 Å². The van der Waals surface area contributed by atoms with Crippen molar-refractivity contribution < 1.29 is 13.9 Å². The molecule has 1 aromatic carbocycles. The van der Waals surface area contributed by atoms with Gasteiger partial charge in [-0.2, -0.15) is 0 Å². The summed E-state index contributed by atoms with van der Waals surface area (Å²) in [5, 5.41) is 0. The Morgan fingerprint density at radius 2 is 2.21 bits per heavy atom. The Bertz CT molecular complexity index is 725. The minimum atomic E-state index is -0.456. The second-order valence-corrected chi connectivity index (χ2v) is 5.70. The zero-order valence-corrected chi connectivity index (χ0v) is 13.2. The van der Waals surface area contributed by atoms with Gasteiger partial charge in [0.05, 0.1) is 18.4 Å². The average molecular weight is 330 g/mol. The van der Waals surface area contributed by atoms with Crippen LogP contribution in [-0.2, 0) is 4.79 Å². The van der Waals surface area contributed by atoms with Crippen molar-refractivity contribution >= 4 is 5.91 Å². The number of halogens is 1. The summed E-state index contributed by atoms with van der Waals surface area (Å²) in [5.41, 5.74) is 6.17. The van der Waals surface area contributed by atoms with Crippen LogP contribution in [0.5, 0.6) is 11.6 Å². The van der Waals surface area contributed by atoms with Crippen LogP contribution in [0.1, 0.15) is 24.5 Å². The highest BCUT2D eigenvalue weighted by Gasteiger charge is 2.25. The number of piperidine rings is 1. The molecule has 2 N–H and O–H groups in total. The van der Waals surface area contributed by atoms with Gasteiger partial charge in [-0.05, 0) is 25.0 Å². The third-order valence-corrected chi connectivity index (χ3v) is 4.05. The zero-order valence-electron chi connectivity index (χ0n) is 13.2. The quantitative estimate of drug-likeness (QED) is 0.928. The molecule has 24 heavy (non-hydrogen) atoms. The number of ether oxygens (including phenoxy) is 1. The van der Waals surface area contributed by atoms with Crippen LogP contribution in [0.15, 0.2) is 36.7 Å². The number of benzene rings is 1. The molecule has 1 unspecified atom stereocenters. The molecule has 0 bridgehead atoms. The lowest BCUT2D eigenvalue weighted by atomic mass is 9.95. The summed E-state index contributed by atoms with van der Waals surface area (Å²) in [5.74, 6) is -0.105. The van der Waals surface area contributed by atoms with Crippen LogP contribution in [0.25, 0.3) is 0 Å². The fourth-order valence-electron chi connectivity index (χ4n) is 2.82. The molecule has 6 nitrogen and oxygen atoms in total. The van der Waals surface area contributed by atoms with Crippen molar-refractivity contribution in [3.63, 3.8) is 0 Å². The number of hydrogen-bond acceptors (Lipinski definition) is 5. The number of hydrogen-bond donors (Lipinski definition) is 1. The maximum Gasteiger partial charge on any atom is 0.238 e. The van der Waals surface area contributed by atoms with E-state index in [1.54, 1.807) is 23.2 Å². The molecule has 7 heteroatoms. The lowest BCUT2D eigenvalue weighted by Gasteiger charge is -2.32. The molecule has 1 aliphatic heterocycles. The number of likely N-dealkylation sites (tertiary alicyclic amines) is 1. The van der Waals surface area contributed by atoms with E-state index < -0.39 is 5.82 Å². The van der Waals surface area contributed by atoms with E-state index in [9.17, 15) is 9.18 Å². The van der Waals surface area contributed by atoms with Gasteiger partial charge in [0.25, 0.3) is 0 Å². The van der Waals surface area contributed by atoms with Gasteiger partial charge in [-0.25, -0.2) is 9.37 Å². The Balaban J connectivity index is 1.75. The van der Waals surface area contributed by atoms with E-state index in [2.05, 4.69) is 9.97 Å². The van der Waals surface area contributed by atoms with Gasteiger partial charge in [-0.15, -0.1) is 0 Å². The van der Waals surface area contributed by atoms with Crippen molar-refractivity contribution in [3.05, 3.63) is 48.2 Å². The maximum atomic E-state index is 13.7. The highest BCUT2D eigenvalue weighted by Crippen LogP contribution is 2.28. The van der Waals surface area contributed by atoms with Gasteiger partial charge in [0.1, 0.15) is 0 Å². The molecular formula is C17H19FN4O2. The molecule has 0 radical (unpaired) electrons.